The van der Waals surface area contributed by atoms with Gasteiger partial charge in [-0.3, -0.25) is 0 Å². The molecule has 14 heteroatoms. The summed E-state index contributed by atoms with van der Waals surface area (Å²) in [4.78, 5) is 2.57. The molecule has 0 radical (unpaired) electrons. The molecule has 0 amide bonds. The van der Waals surface area contributed by atoms with Crippen molar-refractivity contribution < 1.29 is 52.1 Å². The Morgan fingerprint density at radius 2 is 1.03 bits per heavy atom. The molecule has 0 spiro atoms. The van der Waals surface area contributed by atoms with Crippen molar-refractivity contribution in [2.45, 2.75) is 53.8 Å². The van der Waals surface area contributed by atoms with Crippen molar-refractivity contribution in [1.29, 1.82) is 0 Å². The van der Waals surface area contributed by atoms with Gasteiger partial charge in [-0.25, -0.2) is 0 Å². The highest BCUT2D eigenvalue weighted by Gasteiger charge is 2.86. The first-order valence-electron chi connectivity index (χ1n) is 10.7. The lowest BCUT2D eigenvalue weighted by molar-refractivity contribution is -0.382. The summed E-state index contributed by atoms with van der Waals surface area (Å²) < 4.78 is 142. The zero-order chi connectivity index (χ0) is 29.9. The van der Waals surface area contributed by atoms with E-state index in [2.05, 4.69) is 52.7 Å². The molecule has 39 heavy (non-hydrogen) atoms. The maximum absolute atomic E-state index is 13.6. The Morgan fingerprint density at radius 3 is 1.38 bits per heavy atom. The molecule has 0 atom stereocenters. The molecule has 0 saturated carbocycles. The number of hydrogen-bond donors (Lipinski definition) is 0. The molecule has 0 saturated heterocycles. The molecule has 0 aliphatic heterocycles. The van der Waals surface area contributed by atoms with Gasteiger partial charge in [0, 0.05) is 9.79 Å². The normalized spacial score (nSPS) is 12.9. The molecule has 0 aliphatic rings. The van der Waals surface area contributed by atoms with Crippen LogP contribution in [0.4, 0.5) is 39.5 Å². The second-order valence-corrected chi connectivity index (χ2v) is 10.9. The van der Waals surface area contributed by atoms with Gasteiger partial charge < -0.3 is 4.18 Å². The molecule has 214 valence electrons. The summed E-state index contributed by atoms with van der Waals surface area (Å²) in [5.74, 6) is -15.6. The van der Waals surface area contributed by atoms with E-state index in [9.17, 15) is 47.9 Å². The highest BCUT2D eigenvalue weighted by Crippen LogP contribution is 2.55. The minimum atomic E-state index is -7.34. The van der Waals surface area contributed by atoms with Crippen molar-refractivity contribution in [3.8, 4) is 5.75 Å². The first kappa shape index (κ1) is 32.3. The van der Waals surface area contributed by atoms with E-state index in [-0.39, 0.29) is 11.1 Å². The summed E-state index contributed by atoms with van der Waals surface area (Å²) in [6.45, 7) is 3.77. The van der Waals surface area contributed by atoms with Crippen LogP contribution >= 0.6 is 11.8 Å². The van der Waals surface area contributed by atoms with Gasteiger partial charge in [-0.05, 0) is 56.2 Å². The van der Waals surface area contributed by atoms with Gasteiger partial charge in [0.2, 0.25) is 0 Å². The van der Waals surface area contributed by atoms with Crippen LogP contribution in [0, 0.1) is 20.8 Å². The topological polar surface area (TPSA) is 43.4 Å². The Balaban J connectivity index is 0.000000338. The maximum Gasteiger partial charge on any atom is 0.460 e. The average molecular weight is 605 g/mol. The molecule has 3 aromatic carbocycles. The molecule has 0 unspecified atom stereocenters. The van der Waals surface area contributed by atoms with Gasteiger partial charge in [0.15, 0.2) is 0 Å². The second kappa shape index (κ2) is 11.7. The van der Waals surface area contributed by atoms with Gasteiger partial charge in [-0.2, -0.15) is 47.9 Å². The third-order valence-electron chi connectivity index (χ3n) is 4.95. The Bertz CT molecular complexity index is 1300. The van der Waals surface area contributed by atoms with E-state index >= 15 is 0 Å². The van der Waals surface area contributed by atoms with Crippen molar-refractivity contribution in [2.24, 2.45) is 0 Å². The van der Waals surface area contributed by atoms with E-state index in [0.717, 1.165) is 13.8 Å². The Labute approximate surface area is 223 Å². The Hall–Kier alpha value is -2.87. The van der Waals surface area contributed by atoms with Crippen LogP contribution in [0.3, 0.4) is 0 Å². The lowest BCUT2D eigenvalue weighted by Crippen LogP contribution is -2.63. The van der Waals surface area contributed by atoms with E-state index in [1.165, 1.54) is 28.8 Å². The summed E-state index contributed by atoms with van der Waals surface area (Å²) in [7, 11) is -6.94. The van der Waals surface area contributed by atoms with Crippen molar-refractivity contribution >= 4 is 21.9 Å². The fraction of sp³-hybridized carbons (Fsp3) is 0.280. The number of hydrogen-bond acceptors (Lipinski definition) is 4. The first-order valence-corrected chi connectivity index (χ1v) is 13.0. The Kier molecular flexibility index (Phi) is 9.71. The van der Waals surface area contributed by atoms with Crippen molar-refractivity contribution in [3.63, 3.8) is 0 Å². The van der Waals surface area contributed by atoms with Crippen LogP contribution < -0.4 is 4.18 Å². The van der Waals surface area contributed by atoms with Crippen molar-refractivity contribution in [2.75, 3.05) is 0 Å². The van der Waals surface area contributed by atoms with Crippen LogP contribution in [-0.2, 0) is 10.1 Å². The molecular formula is C25H21F9O3S2. The van der Waals surface area contributed by atoms with Gasteiger partial charge >= 0.3 is 33.4 Å². The van der Waals surface area contributed by atoms with Crippen LogP contribution in [0.1, 0.15) is 16.7 Å². The summed E-state index contributed by atoms with van der Waals surface area (Å²) in [6, 6.07) is 23.2. The Morgan fingerprint density at radius 1 is 0.641 bits per heavy atom. The second-order valence-electron chi connectivity index (χ2n) is 8.16. The van der Waals surface area contributed by atoms with Gasteiger partial charge in [0.05, 0.1) is 0 Å². The predicted molar refractivity (Wildman–Crippen MR) is 128 cm³/mol. The summed E-state index contributed by atoms with van der Waals surface area (Å²) in [5, 5.41) is -6.89. The maximum atomic E-state index is 13.6. The van der Waals surface area contributed by atoms with Crippen LogP contribution in [0.5, 0.6) is 5.75 Å². The zero-order valence-electron chi connectivity index (χ0n) is 20.4. The molecule has 0 fully saturated rings. The molecule has 3 nitrogen and oxygen atoms in total. The van der Waals surface area contributed by atoms with E-state index in [4.69, 9.17) is 0 Å². The fourth-order valence-corrected chi connectivity index (χ4v) is 4.98. The number of aryl methyl sites for hydroxylation is 3. The zero-order valence-corrected chi connectivity index (χ0v) is 22.0. The van der Waals surface area contributed by atoms with Crippen LogP contribution in [0.25, 0.3) is 0 Å². The lowest BCUT2D eigenvalue weighted by Gasteiger charge is -2.32. The molecule has 3 aromatic rings. The molecule has 0 N–H and O–H groups in total. The molecular weight excluding hydrogens is 583 g/mol. The third kappa shape index (κ3) is 7.02. The predicted octanol–water partition coefficient (Wildman–Crippen LogP) is 8.58. The van der Waals surface area contributed by atoms with Gasteiger partial charge in [0.25, 0.3) is 0 Å². The van der Waals surface area contributed by atoms with Crippen LogP contribution in [0.15, 0.2) is 82.6 Å². The quantitative estimate of drug-likeness (QED) is 0.200. The minimum absolute atomic E-state index is 0.146. The number of alkyl halides is 9. The van der Waals surface area contributed by atoms with Gasteiger partial charge in [-0.1, -0.05) is 65.9 Å². The smallest absolute Gasteiger partial charge is 0.377 e. The first-order chi connectivity index (χ1) is 17.7. The van der Waals surface area contributed by atoms with Crippen molar-refractivity contribution in [3.05, 3.63) is 89.5 Å². The van der Waals surface area contributed by atoms with Crippen molar-refractivity contribution in [1.82, 2.24) is 0 Å². The summed E-state index contributed by atoms with van der Waals surface area (Å²) in [5.41, 5.74) is 0.200. The highest BCUT2D eigenvalue weighted by atomic mass is 32.2. The molecule has 3 rings (SSSR count). The monoisotopic (exact) mass is 604 g/mol. The summed E-state index contributed by atoms with van der Waals surface area (Å²) in [6.07, 6.45) is -7.13. The standard InChI is InChI=1S/C13H11F9O3S.C12H10S/c1-6-4-7(2)9(8(3)5-6)25-26(23,24)13(21,22)11(16,17)10(14,15)12(18,19)20;1-3-7-11(8-4-1)13-12-9-5-2-6-10-12/h4-5H,1-3H3;1-10H. The van der Waals surface area contributed by atoms with Gasteiger partial charge in [-0.15, -0.1) is 0 Å². The third-order valence-corrected chi connectivity index (χ3v) is 7.24. The van der Waals surface area contributed by atoms with E-state index in [0.29, 0.717) is 5.56 Å². The van der Waals surface area contributed by atoms with E-state index in [1.807, 2.05) is 12.1 Å². The molecule has 0 bridgehead atoms. The number of halogens is 9. The molecule has 0 heterocycles. The van der Waals surface area contributed by atoms with Crippen LogP contribution in [-0.4, -0.2) is 31.7 Å². The van der Waals surface area contributed by atoms with E-state index < -0.39 is 39.1 Å². The number of rotatable bonds is 7. The fourth-order valence-electron chi connectivity index (χ4n) is 3.09. The SMILES string of the molecule is Cc1cc(C)c(OS(=O)(=O)C(F)(F)C(F)(F)C(F)(F)C(F)(F)F)c(C)c1.c1ccc(Sc2ccccc2)cc1. The molecule has 0 aliphatic carbocycles. The van der Waals surface area contributed by atoms with Gasteiger partial charge in [0.1, 0.15) is 5.75 Å². The van der Waals surface area contributed by atoms with E-state index in [1.54, 1.807) is 11.8 Å². The highest BCUT2D eigenvalue weighted by molar-refractivity contribution is 7.99. The largest absolute Gasteiger partial charge is 0.460 e. The lowest BCUT2D eigenvalue weighted by atomic mass is 10.1. The molecule has 0 aromatic heterocycles. The number of benzene rings is 3. The minimum Gasteiger partial charge on any atom is -0.377 e. The summed E-state index contributed by atoms with van der Waals surface area (Å²) >= 11 is 1.79. The van der Waals surface area contributed by atoms with Crippen LogP contribution in [0.2, 0.25) is 0 Å². The average Bonchev–Trinajstić information content (AvgIpc) is 2.82.